The van der Waals surface area contributed by atoms with E-state index in [1.165, 1.54) is 0 Å². The standard InChI is InChI=1S/C9H13NO2/c1-3-9(11)8-4-5-10(6-8)7-12-2/h4-6H,3,7H2,1-2H3. The number of rotatable bonds is 4. The highest BCUT2D eigenvalue weighted by molar-refractivity contribution is 5.95. The van der Waals surface area contributed by atoms with E-state index in [0.717, 1.165) is 5.56 Å². The summed E-state index contributed by atoms with van der Waals surface area (Å²) in [6.07, 6.45) is 4.19. The van der Waals surface area contributed by atoms with Gasteiger partial charge in [-0.1, -0.05) is 6.92 Å². The summed E-state index contributed by atoms with van der Waals surface area (Å²) in [5, 5.41) is 0. The molecule has 0 atom stereocenters. The molecule has 66 valence electrons. The van der Waals surface area contributed by atoms with E-state index < -0.39 is 0 Å². The van der Waals surface area contributed by atoms with Crippen LogP contribution in [0, 0.1) is 0 Å². The molecular formula is C9H13NO2. The number of carbonyl (C=O) groups is 1. The van der Waals surface area contributed by atoms with Crippen molar-refractivity contribution in [2.75, 3.05) is 7.11 Å². The monoisotopic (exact) mass is 167 g/mol. The van der Waals surface area contributed by atoms with E-state index in [9.17, 15) is 4.79 Å². The molecule has 1 aromatic heterocycles. The number of carbonyl (C=O) groups excluding carboxylic acids is 1. The van der Waals surface area contributed by atoms with Crippen LogP contribution in [-0.4, -0.2) is 17.5 Å². The van der Waals surface area contributed by atoms with Crippen LogP contribution in [0.25, 0.3) is 0 Å². The summed E-state index contributed by atoms with van der Waals surface area (Å²) in [4.78, 5) is 11.2. The summed E-state index contributed by atoms with van der Waals surface area (Å²) in [6, 6.07) is 1.81. The first-order chi connectivity index (χ1) is 5.77. The minimum Gasteiger partial charge on any atom is -0.364 e. The second kappa shape index (κ2) is 4.07. The van der Waals surface area contributed by atoms with Gasteiger partial charge in [0, 0.05) is 31.5 Å². The Balaban J connectivity index is 2.70. The summed E-state index contributed by atoms with van der Waals surface area (Å²) in [5.74, 6) is 0.171. The van der Waals surface area contributed by atoms with Crippen LogP contribution in [0.5, 0.6) is 0 Å². The van der Waals surface area contributed by atoms with E-state index in [2.05, 4.69) is 0 Å². The van der Waals surface area contributed by atoms with Gasteiger partial charge in [0.25, 0.3) is 0 Å². The summed E-state index contributed by atoms with van der Waals surface area (Å²) in [5.41, 5.74) is 0.759. The van der Waals surface area contributed by atoms with Crippen molar-refractivity contribution in [2.24, 2.45) is 0 Å². The number of ether oxygens (including phenoxy) is 1. The predicted molar refractivity (Wildman–Crippen MR) is 46.1 cm³/mol. The molecule has 0 fully saturated rings. The van der Waals surface area contributed by atoms with Gasteiger partial charge in [0.2, 0.25) is 0 Å². The lowest BCUT2D eigenvalue weighted by atomic mass is 10.2. The number of nitrogens with zero attached hydrogens (tertiary/aromatic N) is 1. The number of hydrogen-bond acceptors (Lipinski definition) is 2. The summed E-state index contributed by atoms with van der Waals surface area (Å²) in [6.45, 7) is 2.35. The van der Waals surface area contributed by atoms with Gasteiger partial charge in [-0.05, 0) is 6.07 Å². The second-order valence-electron chi connectivity index (χ2n) is 2.61. The average Bonchev–Trinajstić information content (AvgIpc) is 2.52. The fourth-order valence-corrected chi connectivity index (χ4v) is 1.04. The highest BCUT2D eigenvalue weighted by atomic mass is 16.5. The first kappa shape index (κ1) is 9.00. The lowest BCUT2D eigenvalue weighted by Gasteiger charge is -1.97. The van der Waals surface area contributed by atoms with Crippen LogP contribution in [0.4, 0.5) is 0 Å². The number of methoxy groups -OCH3 is 1. The first-order valence-corrected chi connectivity index (χ1v) is 3.96. The molecule has 0 spiro atoms. The summed E-state index contributed by atoms with van der Waals surface area (Å²) >= 11 is 0. The van der Waals surface area contributed by atoms with Crippen molar-refractivity contribution in [3.63, 3.8) is 0 Å². The fourth-order valence-electron chi connectivity index (χ4n) is 1.04. The second-order valence-corrected chi connectivity index (χ2v) is 2.61. The third kappa shape index (κ3) is 1.95. The Labute approximate surface area is 72.0 Å². The van der Waals surface area contributed by atoms with Crippen LogP contribution in [0.1, 0.15) is 23.7 Å². The van der Waals surface area contributed by atoms with Crippen molar-refractivity contribution in [1.82, 2.24) is 4.57 Å². The molecule has 0 saturated carbocycles. The predicted octanol–water partition coefficient (Wildman–Crippen LogP) is 1.68. The fraction of sp³-hybridized carbons (Fsp3) is 0.444. The van der Waals surface area contributed by atoms with Crippen LogP contribution < -0.4 is 0 Å². The lowest BCUT2D eigenvalue weighted by Crippen LogP contribution is -1.97. The van der Waals surface area contributed by atoms with E-state index in [1.807, 2.05) is 23.8 Å². The van der Waals surface area contributed by atoms with Gasteiger partial charge in [-0.2, -0.15) is 0 Å². The van der Waals surface area contributed by atoms with Crippen LogP contribution in [-0.2, 0) is 11.5 Å². The zero-order chi connectivity index (χ0) is 8.97. The minimum atomic E-state index is 0.171. The molecule has 0 aromatic carbocycles. The molecule has 0 amide bonds. The smallest absolute Gasteiger partial charge is 0.164 e. The van der Waals surface area contributed by atoms with Gasteiger partial charge in [-0.15, -0.1) is 0 Å². The van der Waals surface area contributed by atoms with Crippen molar-refractivity contribution in [2.45, 2.75) is 20.1 Å². The van der Waals surface area contributed by atoms with E-state index >= 15 is 0 Å². The third-order valence-electron chi connectivity index (χ3n) is 1.67. The van der Waals surface area contributed by atoms with Crippen LogP contribution >= 0.6 is 0 Å². The molecule has 0 aliphatic rings. The Morgan fingerprint density at radius 3 is 3.00 bits per heavy atom. The number of hydrogen-bond donors (Lipinski definition) is 0. The van der Waals surface area contributed by atoms with Crippen molar-refractivity contribution in [3.05, 3.63) is 24.0 Å². The maximum absolute atomic E-state index is 11.2. The first-order valence-electron chi connectivity index (χ1n) is 3.96. The third-order valence-corrected chi connectivity index (χ3v) is 1.67. The van der Waals surface area contributed by atoms with E-state index in [4.69, 9.17) is 4.74 Å². The number of Topliss-reactive ketones (excluding diaryl/α,β-unsaturated/α-hetero) is 1. The molecule has 1 aromatic rings. The Morgan fingerprint density at radius 2 is 2.42 bits per heavy atom. The molecule has 3 heteroatoms. The summed E-state index contributed by atoms with van der Waals surface area (Å²) < 4.78 is 6.74. The van der Waals surface area contributed by atoms with Gasteiger partial charge < -0.3 is 9.30 Å². The van der Waals surface area contributed by atoms with Crippen molar-refractivity contribution in [3.8, 4) is 0 Å². The number of ketones is 1. The van der Waals surface area contributed by atoms with Gasteiger partial charge in [-0.3, -0.25) is 4.79 Å². The van der Waals surface area contributed by atoms with Crippen molar-refractivity contribution in [1.29, 1.82) is 0 Å². The normalized spacial score (nSPS) is 10.2. The van der Waals surface area contributed by atoms with E-state index in [1.54, 1.807) is 13.3 Å². The molecule has 0 aliphatic carbocycles. The SMILES string of the molecule is CCC(=O)c1ccn(COC)c1. The molecule has 0 saturated heterocycles. The molecule has 12 heavy (non-hydrogen) atoms. The van der Waals surface area contributed by atoms with Crippen LogP contribution in [0.15, 0.2) is 18.5 Å². The quantitative estimate of drug-likeness (QED) is 0.639. The molecule has 1 rings (SSSR count). The highest BCUT2D eigenvalue weighted by Crippen LogP contribution is 2.04. The van der Waals surface area contributed by atoms with Crippen molar-refractivity contribution < 1.29 is 9.53 Å². The van der Waals surface area contributed by atoms with Crippen molar-refractivity contribution >= 4 is 5.78 Å². The Kier molecular flexibility index (Phi) is 3.05. The minimum absolute atomic E-state index is 0.171. The number of aromatic nitrogens is 1. The maximum atomic E-state index is 11.2. The lowest BCUT2D eigenvalue weighted by molar-refractivity contribution is 0.0987. The van der Waals surface area contributed by atoms with Gasteiger partial charge >= 0.3 is 0 Å². The van der Waals surface area contributed by atoms with Gasteiger partial charge in [0.05, 0.1) is 0 Å². The molecule has 0 bridgehead atoms. The van der Waals surface area contributed by atoms with E-state index in [-0.39, 0.29) is 5.78 Å². The van der Waals surface area contributed by atoms with Gasteiger partial charge in [-0.25, -0.2) is 0 Å². The molecule has 1 heterocycles. The van der Waals surface area contributed by atoms with E-state index in [0.29, 0.717) is 13.2 Å². The zero-order valence-electron chi connectivity index (χ0n) is 7.41. The molecule has 0 unspecified atom stereocenters. The van der Waals surface area contributed by atoms with Crippen LogP contribution in [0.2, 0.25) is 0 Å². The molecular weight excluding hydrogens is 154 g/mol. The zero-order valence-corrected chi connectivity index (χ0v) is 7.41. The van der Waals surface area contributed by atoms with Gasteiger partial charge in [0.1, 0.15) is 6.73 Å². The Bertz CT molecular complexity index is 265. The topological polar surface area (TPSA) is 31.2 Å². The molecule has 0 N–H and O–H groups in total. The molecule has 0 aliphatic heterocycles. The maximum Gasteiger partial charge on any atom is 0.164 e. The molecule has 0 radical (unpaired) electrons. The van der Waals surface area contributed by atoms with Crippen LogP contribution in [0.3, 0.4) is 0 Å². The molecule has 3 nitrogen and oxygen atoms in total. The highest BCUT2D eigenvalue weighted by Gasteiger charge is 2.03. The Morgan fingerprint density at radius 1 is 1.67 bits per heavy atom. The Hall–Kier alpha value is -1.09. The van der Waals surface area contributed by atoms with Gasteiger partial charge in [0.15, 0.2) is 5.78 Å². The average molecular weight is 167 g/mol. The largest absolute Gasteiger partial charge is 0.364 e. The summed E-state index contributed by atoms with van der Waals surface area (Å²) in [7, 11) is 1.63.